The summed E-state index contributed by atoms with van der Waals surface area (Å²) in [6.45, 7) is 9.05. The second-order valence-electron chi connectivity index (χ2n) is 8.38. The lowest BCUT2D eigenvalue weighted by Gasteiger charge is -2.35. The Bertz CT molecular complexity index is 847. The Labute approximate surface area is 189 Å². The Morgan fingerprint density at radius 2 is 1.77 bits per heavy atom. The molecule has 2 aromatic carbocycles. The Morgan fingerprint density at radius 1 is 1.10 bits per heavy atom. The van der Waals surface area contributed by atoms with E-state index in [0.29, 0.717) is 21.5 Å². The second kappa shape index (κ2) is 10.5. The molecule has 0 saturated carbocycles. The van der Waals surface area contributed by atoms with Gasteiger partial charge in [-0.05, 0) is 49.9 Å². The first-order chi connectivity index (χ1) is 14.3. The van der Waals surface area contributed by atoms with Gasteiger partial charge in [0, 0.05) is 37.3 Å². The molecule has 0 radical (unpaired) electrons. The molecule has 0 spiro atoms. The molecule has 0 bridgehead atoms. The summed E-state index contributed by atoms with van der Waals surface area (Å²) < 4.78 is 6.08. The highest BCUT2D eigenvalue weighted by Crippen LogP contribution is 2.28. The molecule has 1 saturated heterocycles. The van der Waals surface area contributed by atoms with E-state index in [1.165, 1.54) is 0 Å². The Kier molecular flexibility index (Phi) is 8.04. The fourth-order valence-corrected chi connectivity index (χ4v) is 3.90. The molecule has 4 nitrogen and oxygen atoms in total. The number of rotatable bonds is 7. The molecule has 1 fully saturated rings. The molecule has 1 atom stereocenters. The van der Waals surface area contributed by atoms with Crippen LogP contribution >= 0.6 is 23.2 Å². The number of benzene rings is 2. The van der Waals surface area contributed by atoms with Gasteiger partial charge in [-0.15, -0.1) is 0 Å². The van der Waals surface area contributed by atoms with Crippen LogP contribution in [0.1, 0.15) is 42.6 Å². The molecule has 6 heteroatoms. The van der Waals surface area contributed by atoms with Crippen molar-refractivity contribution >= 4 is 29.1 Å². The van der Waals surface area contributed by atoms with E-state index in [-0.39, 0.29) is 18.1 Å². The van der Waals surface area contributed by atoms with Gasteiger partial charge in [0.05, 0.1) is 10.0 Å². The molecule has 2 aromatic rings. The molecule has 0 aliphatic carbocycles. The number of aryl methyl sites for hydroxylation is 1. The summed E-state index contributed by atoms with van der Waals surface area (Å²) in [5, 5.41) is 4.27. The van der Waals surface area contributed by atoms with Gasteiger partial charge < -0.3 is 15.0 Å². The van der Waals surface area contributed by atoms with Gasteiger partial charge in [-0.3, -0.25) is 4.79 Å². The molecular formula is C24H30Cl2N2O2. The third-order valence-electron chi connectivity index (χ3n) is 5.62. The van der Waals surface area contributed by atoms with E-state index in [1.54, 1.807) is 12.1 Å². The van der Waals surface area contributed by atoms with Crippen LogP contribution in [-0.2, 0) is 0 Å². The number of ether oxygens (including phenoxy) is 1. The minimum atomic E-state index is -0.00784. The third-order valence-corrected chi connectivity index (χ3v) is 6.36. The lowest BCUT2D eigenvalue weighted by Crippen LogP contribution is -2.49. The summed E-state index contributed by atoms with van der Waals surface area (Å²) in [6, 6.07) is 13.2. The number of piperidine rings is 1. The molecule has 3 rings (SSSR count). The SMILES string of the molecule is Cc1ccc(C(=O)NC(CN2CCC(Oc3ccc(Cl)c(Cl)c3)CC2)C(C)C)cc1. The fourth-order valence-electron chi connectivity index (χ4n) is 3.61. The molecule has 1 unspecified atom stereocenters. The first-order valence-corrected chi connectivity index (χ1v) is 11.3. The summed E-state index contributed by atoms with van der Waals surface area (Å²) in [6.07, 6.45) is 2.05. The zero-order valence-electron chi connectivity index (χ0n) is 17.8. The molecule has 162 valence electrons. The largest absolute Gasteiger partial charge is 0.490 e. The van der Waals surface area contributed by atoms with Crippen LogP contribution in [0, 0.1) is 12.8 Å². The van der Waals surface area contributed by atoms with E-state index in [2.05, 4.69) is 24.1 Å². The topological polar surface area (TPSA) is 41.6 Å². The van der Waals surface area contributed by atoms with Crippen LogP contribution in [-0.4, -0.2) is 42.6 Å². The highest BCUT2D eigenvalue weighted by Gasteiger charge is 2.25. The van der Waals surface area contributed by atoms with Crippen molar-refractivity contribution < 1.29 is 9.53 Å². The van der Waals surface area contributed by atoms with Gasteiger partial charge >= 0.3 is 0 Å². The number of amides is 1. The Balaban J connectivity index is 1.50. The van der Waals surface area contributed by atoms with Crippen molar-refractivity contribution in [2.45, 2.75) is 45.8 Å². The lowest BCUT2D eigenvalue weighted by atomic mass is 10.0. The van der Waals surface area contributed by atoms with Crippen molar-refractivity contribution in [2.75, 3.05) is 19.6 Å². The van der Waals surface area contributed by atoms with Crippen LogP contribution in [0.4, 0.5) is 0 Å². The van der Waals surface area contributed by atoms with E-state index in [4.69, 9.17) is 27.9 Å². The van der Waals surface area contributed by atoms with Crippen molar-refractivity contribution in [3.63, 3.8) is 0 Å². The van der Waals surface area contributed by atoms with Gasteiger partial charge in [0.25, 0.3) is 5.91 Å². The minimum absolute atomic E-state index is 0.00784. The number of nitrogens with one attached hydrogen (secondary N) is 1. The van der Waals surface area contributed by atoms with Gasteiger partial charge in [0.2, 0.25) is 0 Å². The van der Waals surface area contributed by atoms with E-state index < -0.39 is 0 Å². The maximum atomic E-state index is 12.6. The molecule has 0 aromatic heterocycles. The van der Waals surface area contributed by atoms with Gasteiger partial charge in [0.15, 0.2) is 0 Å². The van der Waals surface area contributed by atoms with E-state index in [9.17, 15) is 4.79 Å². The summed E-state index contributed by atoms with van der Waals surface area (Å²) in [7, 11) is 0. The Morgan fingerprint density at radius 3 is 2.37 bits per heavy atom. The van der Waals surface area contributed by atoms with Crippen molar-refractivity contribution in [3.8, 4) is 5.75 Å². The molecule has 1 aliphatic heterocycles. The standard InChI is InChI=1S/C24H30Cl2N2O2/c1-16(2)23(27-24(29)18-6-4-17(3)5-7-18)15-28-12-10-19(11-13-28)30-20-8-9-21(25)22(26)14-20/h4-9,14,16,19,23H,10-13,15H2,1-3H3,(H,27,29). The van der Waals surface area contributed by atoms with Gasteiger partial charge in [0.1, 0.15) is 11.9 Å². The number of hydrogen-bond acceptors (Lipinski definition) is 3. The molecule has 1 amide bonds. The normalized spacial score (nSPS) is 16.5. The number of halogens is 2. The van der Waals surface area contributed by atoms with Crippen molar-refractivity contribution in [1.82, 2.24) is 10.2 Å². The predicted molar refractivity (Wildman–Crippen MR) is 124 cm³/mol. The number of carbonyl (C=O) groups excluding carboxylic acids is 1. The zero-order chi connectivity index (χ0) is 21.7. The summed E-state index contributed by atoms with van der Waals surface area (Å²) in [5.41, 5.74) is 1.86. The van der Waals surface area contributed by atoms with Gasteiger partial charge in [-0.1, -0.05) is 54.7 Å². The first-order valence-electron chi connectivity index (χ1n) is 10.5. The molecule has 30 heavy (non-hydrogen) atoms. The Hall–Kier alpha value is -1.75. The quantitative estimate of drug-likeness (QED) is 0.598. The maximum Gasteiger partial charge on any atom is 0.251 e. The van der Waals surface area contributed by atoms with Crippen LogP contribution in [0.5, 0.6) is 5.75 Å². The van der Waals surface area contributed by atoms with Crippen LogP contribution < -0.4 is 10.1 Å². The van der Waals surface area contributed by atoms with E-state index >= 15 is 0 Å². The number of carbonyl (C=O) groups is 1. The highest BCUT2D eigenvalue weighted by molar-refractivity contribution is 6.42. The van der Waals surface area contributed by atoms with Crippen molar-refractivity contribution in [1.29, 1.82) is 0 Å². The zero-order valence-corrected chi connectivity index (χ0v) is 19.3. The minimum Gasteiger partial charge on any atom is -0.490 e. The summed E-state index contributed by atoms with van der Waals surface area (Å²) >= 11 is 12.1. The summed E-state index contributed by atoms with van der Waals surface area (Å²) in [4.78, 5) is 15.1. The summed E-state index contributed by atoms with van der Waals surface area (Å²) in [5.74, 6) is 1.10. The highest BCUT2D eigenvalue weighted by atomic mass is 35.5. The van der Waals surface area contributed by atoms with Gasteiger partial charge in [-0.2, -0.15) is 0 Å². The average molecular weight is 449 g/mol. The molecule has 1 N–H and O–H groups in total. The number of nitrogens with zero attached hydrogens (tertiary/aromatic N) is 1. The van der Waals surface area contributed by atoms with E-state index in [1.807, 2.05) is 37.3 Å². The van der Waals surface area contributed by atoms with Gasteiger partial charge in [-0.25, -0.2) is 0 Å². The molecule has 1 aliphatic rings. The van der Waals surface area contributed by atoms with E-state index in [0.717, 1.165) is 43.8 Å². The number of likely N-dealkylation sites (tertiary alicyclic amines) is 1. The van der Waals surface area contributed by atoms with Crippen molar-refractivity contribution in [2.24, 2.45) is 5.92 Å². The first kappa shape index (κ1) is 22.9. The second-order valence-corrected chi connectivity index (χ2v) is 9.20. The predicted octanol–water partition coefficient (Wildman–Crippen LogP) is 5.60. The lowest BCUT2D eigenvalue weighted by molar-refractivity contribution is 0.0808. The van der Waals surface area contributed by atoms with Crippen LogP contribution in [0.25, 0.3) is 0 Å². The van der Waals surface area contributed by atoms with Crippen LogP contribution in [0.15, 0.2) is 42.5 Å². The molecule has 1 heterocycles. The monoisotopic (exact) mass is 448 g/mol. The van der Waals surface area contributed by atoms with Crippen LogP contribution in [0.2, 0.25) is 10.0 Å². The van der Waals surface area contributed by atoms with Crippen molar-refractivity contribution in [3.05, 3.63) is 63.6 Å². The number of hydrogen-bond donors (Lipinski definition) is 1. The fraction of sp³-hybridized carbons (Fsp3) is 0.458. The molecular weight excluding hydrogens is 419 g/mol. The average Bonchev–Trinajstić information content (AvgIpc) is 2.72. The smallest absolute Gasteiger partial charge is 0.251 e. The third kappa shape index (κ3) is 6.37. The van der Waals surface area contributed by atoms with Crippen LogP contribution in [0.3, 0.4) is 0 Å². The maximum absolute atomic E-state index is 12.6.